The molecule has 0 saturated heterocycles. The summed E-state index contributed by atoms with van der Waals surface area (Å²) < 4.78 is 5.12. The molecule has 0 aliphatic carbocycles. The molecule has 0 aliphatic heterocycles. The molecule has 1 rings (SSSR count). The van der Waals surface area contributed by atoms with Crippen LogP contribution in [-0.2, 0) is 4.79 Å². The number of hydrogen-bond donors (Lipinski definition) is 2. The SMILES string of the molecule is Cc1noc(C)c1C(C)C(=O)NCC(CCO)CC(C)C. The smallest absolute Gasteiger partial charge is 0.227 e. The van der Waals surface area contributed by atoms with Crippen molar-refractivity contribution in [2.75, 3.05) is 13.2 Å². The van der Waals surface area contributed by atoms with Gasteiger partial charge in [0.2, 0.25) is 5.91 Å². The Kier molecular flexibility index (Phi) is 6.89. The minimum absolute atomic E-state index is 0.0175. The molecule has 0 aliphatic rings. The van der Waals surface area contributed by atoms with Crippen LogP contribution in [-0.4, -0.2) is 29.3 Å². The van der Waals surface area contributed by atoms with E-state index in [0.717, 1.165) is 24.1 Å². The van der Waals surface area contributed by atoms with Gasteiger partial charge >= 0.3 is 0 Å². The number of rotatable bonds is 8. The Labute approximate surface area is 127 Å². The number of nitrogens with zero attached hydrogens (tertiary/aromatic N) is 1. The Morgan fingerprint density at radius 2 is 2.00 bits per heavy atom. The van der Waals surface area contributed by atoms with E-state index < -0.39 is 0 Å². The van der Waals surface area contributed by atoms with E-state index in [1.807, 2.05) is 20.8 Å². The third-order valence-electron chi connectivity index (χ3n) is 3.82. The van der Waals surface area contributed by atoms with Crippen LogP contribution in [0.2, 0.25) is 0 Å². The van der Waals surface area contributed by atoms with Crippen LogP contribution in [0.3, 0.4) is 0 Å². The maximum atomic E-state index is 12.3. The van der Waals surface area contributed by atoms with Gasteiger partial charge in [-0.25, -0.2) is 0 Å². The van der Waals surface area contributed by atoms with E-state index in [0.29, 0.717) is 24.1 Å². The highest BCUT2D eigenvalue weighted by Gasteiger charge is 2.23. The van der Waals surface area contributed by atoms with Gasteiger partial charge in [-0.15, -0.1) is 0 Å². The zero-order chi connectivity index (χ0) is 16.0. The minimum Gasteiger partial charge on any atom is -0.396 e. The fourth-order valence-electron chi connectivity index (χ4n) is 2.79. The van der Waals surface area contributed by atoms with Crippen molar-refractivity contribution in [3.05, 3.63) is 17.0 Å². The molecule has 1 heterocycles. The molecule has 0 bridgehead atoms. The van der Waals surface area contributed by atoms with E-state index in [1.165, 1.54) is 0 Å². The summed E-state index contributed by atoms with van der Waals surface area (Å²) in [7, 11) is 0. The van der Waals surface area contributed by atoms with Crippen LogP contribution in [0.25, 0.3) is 0 Å². The van der Waals surface area contributed by atoms with Crippen molar-refractivity contribution in [3.63, 3.8) is 0 Å². The Hall–Kier alpha value is -1.36. The van der Waals surface area contributed by atoms with Gasteiger partial charge in [-0.2, -0.15) is 0 Å². The van der Waals surface area contributed by atoms with Crippen LogP contribution in [0.15, 0.2) is 4.52 Å². The predicted molar refractivity (Wildman–Crippen MR) is 82.0 cm³/mol. The number of amides is 1. The third-order valence-corrected chi connectivity index (χ3v) is 3.82. The molecule has 0 fully saturated rings. The first kappa shape index (κ1) is 17.7. The first-order valence-corrected chi connectivity index (χ1v) is 7.68. The maximum absolute atomic E-state index is 12.3. The fraction of sp³-hybridized carbons (Fsp3) is 0.750. The molecule has 2 atom stereocenters. The number of nitrogens with one attached hydrogen (secondary N) is 1. The molecule has 21 heavy (non-hydrogen) atoms. The number of aromatic nitrogens is 1. The maximum Gasteiger partial charge on any atom is 0.227 e. The molecule has 5 nitrogen and oxygen atoms in total. The molecule has 0 radical (unpaired) electrons. The molecule has 2 unspecified atom stereocenters. The standard InChI is InChI=1S/C16H28N2O3/c1-10(2)8-14(6-7-19)9-17-16(20)11(3)15-12(4)18-21-13(15)5/h10-11,14,19H,6-9H2,1-5H3,(H,17,20). The number of aryl methyl sites for hydroxylation is 2. The molecule has 0 saturated carbocycles. The quantitative estimate of drug-likeness (QED) is 0.773. The van der Waals surface area contributed by atoms with E-state index in [4.69, 9.17) is 9.63 Å². The summed E-state index contributed by atoms with van der Waals surface area (Å²) in [6, 6.07) is 0. The molecule has 1 aromatic rings. The highest BCUT2D eigenvalue weighted by atomic mass is 16.5. The van der Waals surface area contributed by atoms with Crippen molar-refractivity contribution in [1.29, 1.82) is 0 Å². The molecule has 5 heteroatoms. The summed E-state index contributed by atoms with van der Waals surface area (Å²) in [5.74, 6) is 1.28. The summed E-state index contributed by atoms with van der Waals surface area (Å²) in [5.41, 5.74) is 1.64. The average molecular weight is 296 g/mol. The highest BCUT2D eigenvalue weighted by Crippen LogP contribution is 2.23. The second kappa shape index (κ2) is 8.17. The Morgan fingerprint density at radius 1 is 1.33 bits per heavy atom. The molecule has 0 spiro atoms. The van der Waals surface area contributed by atoms with Gasteiger partial charge in [-0.3, -0.25) is 4.79 Å². The number of aliphatic hydroxyl groups excluding tert-OH is 1. The summed E-state index contributed by atoms with van der Waals surface area (Å²) in [6.45, 7) is 10.6. The largest absolute Gasteiger partial charge is 0.396 e. The zero-order valence-corrected chi connectivity index (χ0v) is 13.8. The van der Waals surface area contributed by atoms with Gasteiger partial charge in [0, 0.05) is 18.7 Å². The van der Waals surface area contributed by atoms with Gasteiger partial charge < -0.3 is 14.9 Å². The topological polar surface area (TPSA) is 75.4 Å². The van der Waals surface area contributed by atoms with E-state index in [-0.39, 0.29) is 18.4 Å². The van der Waals surface area contributed by atoms with Crippen molar-refractivity contribution in [2.24, 2.45) is 11.8 Å². The van der Waals surface area contributed by atoms with Crippen LogP contribution in [0.1, 0.15) is 56.5 Å². The minimum atomic E-state index is -0.273. The van der Waals surface area contributed by atoms with E-state index in [9.17, 15) is 4.79 Å². The number of carbonyl (C=O) groups excluding carboxylic acids is 1. The van der Waals surface area contributed by atoms with Crippen molar-refractivity contribution in [1.82, 2.24) is 10.5 Å². The van der Waals surface area contributed by atoms with E-state index in [2.05, 4.69) is 24.3 Å². The lowest BCUT2D eigenvalue weighted by Crippen LogP contribution is -2.33. The van der Waals surface area contributed by atoms with E-state index >= 15 is 0 Å². The average Bonchev–Trinajstić information content (AvgIpc) is 2.74. The predicted octanol–water partition coefficient (Wildman–Crippen LogP) is 2.56. The number of carbonyl (C=O) groups is 1. The van der Waals surface area contributed by atoms with Crippen molar-refractivity contribution in [2.45, 2.75) is 53.4 Å². The summed E-state index contributed by atoms with van der Waals surface area (Å²) >= 11 is 0. The van der Waals surface area contributed by atoms with Crippen LogP contribution in [0.5, 0.6) is 0 Å². The Morgan fingerprint density at radius 3 is 2.48 bits per heavy atom. The first-order chi connectivity index (χ1) is 9.86. The van der Waals surface area contributed by atoms with Gasteiger partial charge in [0.1, 0.15) is 5.76 Å². The van der Waals surface area contributed by atoms with Crippen molar-refractivity contribution in [3.8, 4) is 0 Å². The van der Waals surface area contributed by atoms with Crippen LogP contribution in [0, 0.1) is 25.7 Å². The van der Waals surface area contributed by atoms with Gasteiger partial charge in [-0.05, 0) is 45.4 Å². The molecular formula is C16H28N2O3. The summed E-state index contributed by atoms with van der Waals surface area (Å²) in [6.07, 6.45) is 1.72. The summed E-state index contributed by atoms with van der Waals surface area (Å²) in [4.78, 5) is 12.3. The molecular weight excluding hydrogens is 268 g/mol. The normalized spacial score (nSPS) is 14.2. The Bertz CT molecular complexity index is 435. The van der Waals surface area contributed by atoms with Crippen molar-refractivity contribution < 1.29 is 14.4 Å². The molecule has 0 aromatic carbocycles. The second-order valence-electron chi connectivity index (χ2n) is 6.21. The number of hydrogen-bond acceptors (Lipinski definition) is 4. The van der Waals surface area contributed by atoms with E-state index in [1.54, 1.807) is 0 Å². The fourth-order valence-corrected chi connectivity index (χ4v) is 2.79. The lowest BCUT2D eigenvalue weighted by molar-refractivity contribution is -0.122. The number of aliphatic hydroxyl groups is 1. The molecule has 2 N–H and O–H groups in total. The first-order valence-electron chi connectivity index (χ1n) is 7.68. The van der Waals surface area contributed by atoms with Gasteiger partial charge in [0.05, 0.1) is 11.6 Å². The second-order valence-corrected chi connectivity index (χ2v) is 6.21. The van der Waals surface area contributed by atoms with Crippen LogP contribution < -0.4 is 5.32 Å². The monoisotopic (exact) mass is 296 g/mol. The molecule has 120 valence electrons. The van der Waals surface area contributed by atoms with Crippen LogP contribution in [0.4, 0.5) is 0 Å². The van der Waals surface area contributed by atoms with Gasteiger partial charge in [-0.1, -0.05) is 19.0 Å². The molecule has 1 aromatic heterocycles. The molecule has 1 amide bonds. The Balaban J connectivity index is 2.59. The third kappa shape index (κ3) is 5.16. The summed E-state index contributed by atoms with van der Waals surface area (Å²) in [5, 5.41) is 16.0. The van der Waals surface area contributed by atoms with Gasteiger partial charge in [0.15, 0.2) is 0 Å². The van der Waals surface area contributed by atoms with Crippen molar-refractivity contribution >= 4 is 5.91 Å². The lowest BCUT2D eigenvalue weighted by Gasteiger charge is -2.20. The van der Waals surface area contributed by atoms with Gasteiger partial charge in [0.25, 0.3) is 0 Å². The van der Waals surface area contributed by atoms with Crippen LogP contribution >= 0.6 is 0 Å². The highest BCUT2D eigenvalue weighted by molar-refractivity contribution is 5.83. The zero-order valence-electron chi connectivity index (χ0n) is 13.8. The lowest BCUT2D eigenvalue weighted by atomic mass is 9.93.